The van der Waals surface area contributed by atoms with Gasteiger partial charge < -0.3 is 9.64 Å². The minimum absolute atomic E-state index is 0.691. The van der Waals surface area contributed by atoms with Gasteiger partial charge in [0, 0.05) is 12.7 Å². The standard InChI is InChI=1S/C16H19NO/c1-14-8-6-7-11-16(14)18-13-12-17(2)15-9-4-3-5-10-15/h3-11H,12-13H2,1-2H3. The molecule has 0 aliphatic rings. The van der Waals surface area contributed by atoms with Gasteiger partial charge in [-0.2, -0.15) is 0 Å². The van der Waals surface area contributed by atoms with Gasteiger partial charge in [-0.15, -0.1) is 0 Å². The van der Waals surface area contributed by atoms with Gasteiger partial charge in [-0.1, -0.05) is 36.4 Å². The highest BCUT2D eigenvalue weighted by Gasteiger charge is 2.01. The minimum Gasteiger partial charge on any atom is -0.491 e. The molecule has 94 valence electrons. The molecule has 0 saturated carbocycles. The first kappa shape index (κ1) is 12.5. The Bertz CT molecular complexity index is 481. The Kier molecular flexibility index (Phi) is 4.24. The zero-order chi connectivity index (χ0) is 12.8. The van der Waals surface area contributed by atoms with Gasteiger partial charge in [-0.3, -0.25) is 0 Å². The molecule has 18 heavy (non-hydrogen) atoms. The highest BCUT2D eigenvalue weighted by molar-refractivity contribution is 5.44. The van der Waals surface area contributed by atoms with E-state index in [2.05, 4.69) is 37.1 Å². The fourth-order valence-electron chi connectivity index (χ4n) is 1.82. The largest absolute Gasteiger partial charge is 0.491 e. The van der Waals surface area contributed by atoms with Crippen LogP contribution >= 0.6 is 0 Å². The Morgan fingerprint density at radius 2 is 1.61 bits per heavy atom. The van der Waals surface area contributed by atoms with Gasteiger partial charge in [0.1, 0.15) is 12.4 Å². The van der Waals surface area contributed by atoms with Crippen molar-refractivity contribution in [3.63, 3.8) is 0 Å². The molecule has 0 radical (unpaired) electrons. The third kappa shape index (κ3) is 3.27. The molecular weight excluding hydrogens is 222 g/mol. The maximum absolute atomic E-state index is 5.79. The van der Waals surface area contributed by atoms with Gasteiger partial charge in [0.2, 0.25) is 0 Å². The Morgan fingerprint density at radius 1 is 0.944 bits per heavy atom. The van der Waals surface area contributed by atoms with Crippen LogP contribution in [0.15, 0.2) is 54.6 Å². The van der Waals surface area contributed by atoms with E-state index in [1.165, 1.54) is 11.3 Å². The van der Waals surface area contributed by atoms with E-state index in [1.54, 1.807) is 0 Å². The first-order valence-electron chi connectivity index (χ1n) is 6.22. The monoisotopic (exact) mass is 241 g/mol. The van der Waals surface area contributed by atoms with Crippen molar-refractivity contribution in [2.75, 3.05) is 25.1 Å². The highest BCUT2D eigenvalue weighted by atomic mass is 16.5. The Morgan fingerprint density at radius 3 is 2.33 bits per heavy atom. The molecule has 0 aliphatic heterocycles. The highest BCUT2D eigenvalue weighted by Crippen LogP contribution is 2.16. The van der Waals surface area contributed by atoms with Crippen LogP contribution in [0.4, 0.5) is 5.69 Å². The van der Waals surface area contributed by atoms with E-state index in [0.29, 0.717) is 6.61 Å². The lowest BCUT2D eigenvalue weighted by Crippen LogP contribution is -2.23. The molecule has 0 heterocycles. The number of nitrogens with zero attached hydrogens (tertiary/aromatic N) is 1. The van der Waals surface area contributed by atoms with Crippen molar-refractivity contribution in [3.8, 4) is 5.75 Å². The quantitative estimate of drug-likeness (QED) is 0.794. The summed E-state index contributed by atoms with van der Waals surface area (Å²) in [4.78, 5) is 2.19. The Labute approximate surface area is 109 Å². The number of rotatable bonds is 5. The second-order valence-electron chi connectivity index (χ2n) is 4.37. The smallest absolute Gasteiger partial charge is 0.122 e. The van der Waals surface area contributed by atoms with Crippen LogP contribution in [-0.2, 0) is 0 Å². The fraction of sp³-hybridized carbons (Fsp3) is 0.250. The molecule has 0 fully saturated rings. The molecule has 2 nitrogen and oxygen atoms in total. The summed E-state index contributed by atoms with van der Waals surface area (Å²) in [5.74, 6) is 0.971. The van der Waals surface area contributed by atoms with E-state index in [9.17, 15) is 0 Å². The summed E-state index contributed by atoms with van der Waals surface area (Å²) in [6, 6.07) is 18.4. The summed E-state index contributed by atoms with van der Waals surface area (Å²) >= 11 is 0. The maximum atomic E-state index is 5.79. The van der Waals surface area contributed by atoms with E-state index >= 15 is 0 Å². The molecule has 0 bridgehead atoms. The van der Waals surface area contributed by atoms with Crippen molar-refractivity contribution in [1.82, 2.24) is 0 Å². The zero-order valence-electron chi connectivity index (χ0n) is 11.0. The molecule has 2 rings (SSSR count). The second-order valence-corrected chi connectivity index (χ2v) is 4.37. The van der Waals surface area contributed by atoms with Crippen molar-refractivity contribution < 1.29 is 4.74 Å². The lowest BCUT2D eigenvalue weighted by atomic mass is 10.2. The average Bonchev–Trinajstić information content (AvgIpc) is 2.42. The second kappa shape index (κ2) is 6.10. The fourth-order valence-corrected chi connectivity index (χ4v) is 1.82. The van der Waals surface area contributed by atoms with Crippen LogP contribution < -0.4 is 9.64 Å². The first-order chi connectivity index (χ1) is 8.77. The van der Waals surface area contributed by atoms with Crippen molar-refractivity contribution in [3.05, 3.63) is 60.2 Å². The van der Waals surface area contributed by atoms with Crippen molar-refractivity contribution in [2.45, 2.75) is 6.92 Å². The predicted molar refractivity (Wildman–Crippen MR) is 76.4 cm³/mol. The van der Waals surface area contributed by atoms with Crippen molar-refractivity contribution in [1.29, 1.82) is 0 Å². The first-order valence-corrected chi connectivity index (χ1v) is 6.22. The summed E-state index contributed by atoms with van der Waals surface area (Å²) in [5, 5.41) is 0. The average molecular weight is 241 g/mol. The maximum Gasteiger partial charge on any atom is 0.122 e. The van der Waals surface area contributed by atoms with Crippen LogP contribution in [0.25, 0.3) is 0 Å². The number of hydrogen-bond donors (Lipinski definition) is 0. The molecule has 0 N–H and O–H groups in total. The van der Waals surface area contributed by atoms with Crippen LogP contribution in [0, 0.1) is 6.92 Å². The molecule has 0 unspecified atom stereocenters. The van der Waals surface area contributed by atoms with Gasteiger partial charge >= 0.3 is 0 Å². The molecule has 2 aromatic carbocycles. The summed E-state index contributed by atoms with van der Waals surface area (Å²) in [6.07, 6.45) is 0. The SMILES string of the molecule is Cc1ccccc1OCCN(C)c1ccccc1. The zero-order valence-corrected chi connectivity index (χ0v) is 11.0. The van der Waals surface area contributed by atoms with Crippen molar-refractivity contribution >= 4 is 5.69 Å². The molecule has 2 aromatic rings. The third-order valence-electron chi connectivity index (χ3n) is 2.97. The third-order valence-corrected chi connectivity index (χ3v) is 2.97. The summed E-state index contributed by atoms with van der Waals surface area (Å²) in [6.45, 7) is 3.63. The van der Waals surface area contributed by atoms with Crippen LogP contribution in [-0.4, -0.2) is 20.2 Å². The Balaban J connectivity index is 1.84. The molecule has 0 aliphatic carbocycles. The lowest BCUT2D eigenvalue weighted by molar-refractivity contribution is 0.324. The summed E-state index contributed by atoms with van der Waals surface area (Å²) in [7, 11) is 2.08. The number of benzene rings is 2. The molecule has 0 aromatic heterocycles. The molecule has 0 atom stereocenters. The van der Waals surface area contributed by atoms with Crippen LogP contribution in [0.2, 0.25) is 0 Å². The van der Waals surface area contributed by atoms with Gasteiger partial charge in [0.15, 0.2) is 0 Å². The van der Waals surface area contributed by atoms with E-state index in [4.69, 9.17) is 4.74 Å². The topological polar surface area (TPSA) is 12.5 Å². The lowest BCUT2D eigenvalue weighted by Gasteiger charge is -2.19. The van der Waals surface area contributed by atoms with E-state index < -0.39 is 0 Å². The number of anilines is 1. The van der Waals surface area contributed by atoms with Gasteiger partial charge in [0.05, 0.1) is 6.54 Å². The van der Waals surface area contributed by atoms with Crippen LogP contribution in [0.3, 0.4) is 0 Å². The number of aryl methyl sites for hydroxylation is 1. The normalized spacial score (nSPS) is 10.1. The number of likely N-dealkylation sites (N-methyl/N-ethyl adjacent to an activating group) is 1. The van der Waals surface area contributed by atoms with E-state index in [-0.39, 0.29) is 0 Å². The summed E-state index contributed by atoms with van der Waals surface area (Å²) in [5.41, 5.74) is 2.39. The summed E-state index contributed by atoms with van der Waals surface area (Å²) < 4.78 is 5.79. The predicted octanol–water partition coefficient (Wildman–Crippen LogP) is 3.51. The Hall–Kier alpha value is -1.96. The van der Waals surface area contributed by atoms with Gasteiger partial charge in [-0.05, 0) is 30.7 Å². The number of hydrogen-bond acceptors (Lipinski definition) is 2. The molecular formula is C16H19NO. The van der Waals surface area contributed by atoms with Gasteiger partial charge in [0.25, 0.3) is 0 Å². The van der Waals surface area contributed by atoms with E-state index in [1.807, 2.05) is 36.4 Å². The molecule has 0 spiro atoms. The minimum atomic E-state index is 0.691. The van der Waals surface area contributed by atoms with Crippen LogP contribution in [0.1, 0.15) is 5.56 Å². The molecule has 0 amide bonds. The molecule has 2 heteroatoms. The molecule has 0 saturated heterocycles. The number of ether oxygens (including phenoxy) is 1. The van der Waals surface area contributed by atoms with Crippen LogP contribution in [0.5, 0.6) is 5.75 Å². The number of para-hydroxylation sites is 2. The van der Waals surface area contributed by atoms with E-state index in [0.717, 1.165) is 12.3 Å². The van der Waals surface area contributed by atoms with Crippen molar-refractivity contribution in [2.24, 2.45) is 0 Å². The van der Waals surface area contributed by atoms with Gasteiger partial charge in [-0.25, -0.2) is 0 Å².